The fourth-order valence-electron chi connectivity index (χ4n) is 10.7. The first kappa shape index (κ1) is 87.7. The van der Waals surface area contributed by atoms with E-state index in [-0.39, 0.29) is 267 Å². The second-order valence-electron chi connectivity index (χ2n) is 25.2. The van der Waals surface area contributed by atoms with Gasteiger partial charge in [-0.2, -0.15) is 13.2 Å². The van der Waals surface area contributed by atoms with Gasteiger partial charge >= 0.3 is 30.0 Å². The molecule has 0 spiro atoms. The maximum atomic E-state index is 13.9. The molecular formula is C66H115F3N4O25. The molecule has 15 atom stereocenters. The summed E-state index contributed by atoms with van der Waals surface area (Å²) in [5.41, 5.74) is -2.03. The summed E-state index contributed by atoms with van der Waals surface area (Å²) >= 11 is 0. The Kier molecular flexibility index (Phi) is 44.0. The van der Waals surface area contributed by atoms with Crippen LogP contribution in [0.15, 0.2) is 0 Å². The molecule has 15 unspecified atom stereocenters. The topological polar surface area (TPSA) is 334 Å². The van der Waals surface area contributed by atoms with Crippen molar-refractivity contribution >= 4 is 41.5 Å². The van der Waals surface area contributed by atoms with Crippen molar-refractivity contribution in [1.29, 1.82) is 0 Å². The first-order chi connectivity index (χ1) is 46.7. The van der Waals surface area contributed by atoms with E-state index in [0.717, 1.165) is 0 Å². The van der Waals surface area contributed by atoms with Crippen molar-refractivity contribution in [2.24, 2.45) is 53.3 Å². The smallest absolute Gasteiger partial charge is 0.463 e. The first-order valence-electron chi connectivity index (χ1n) is 34.3. The summed E-state index contributed by atoms with van der Waals surface area (Å²) in [5, 5.41) is 9.93. The van der Waals surface area contributed by atoms with Crippen LogP contribution in [-0.2, 0) is 119 Å². The first-order valence-corrected chi connectivity index (χ1v) is 34.3. The lowest BCUT2D eigenvalue weighted by molar-refractivity contribution is -0.258. The van der Waals surface area contributed by atoms with Crippen molar-refractivity contribution in [3.05, 3.63) is 0 Å². The average Bonchev–Trinajstić information content (AvgIpc) is 0.844. The van der Waals surface area contributed by atoms with Crippen LogP contribution in [0.2, 0.25) is 0 Å². The summed E-state index contributed by atoms with van der Waals surface area (Å²) in [6.45, 7) is 24.0. The predicted molar refractivity (Wildman–Crippen MR) is 343 cm³/mol. The predicted octanol–water partition coefficient (Wildman–Crippen LogP) is 3.71. The molecule has 29 nitrogen and oxygen atoms in total. The molecule has 0 radical (unpaired) electrons. The van der Waals surface area contributed by atoms with Crippen molar-refractivity contribution in [1.82, 2.24) is 21.3 Å². The van der Waals surface area contributed by atoms with Gasteiger partial charge in [-0.3, -0.25) is 33.6 Å². The molecule has 0 saturated carbocycles. The largest absolute Gasteiger partial charge is 0.471 e. The number of halogens is 3. The lowest BCUT2D eigenvalue weighted by Gasteiger charge is -2.43. The zero-order valence-corrected chi connectivity index (χ0v) is 59.7. The molecule has 32 heteroatoms. The molecule has 3 aliphatic rings. The van der Waals surface area contributed by atoms with E-state index in [2.05, 4.69) is 57.5 Å². The highest BCUT2D eigenvalue weighted by molar-refractivity contribution is 5.82. The Morgan fingerprint density at radius 3 is 0.847 bits per heavy atom. The molecule has 3 heterocycles. The number of carbonyl (C=O) groups is 7. The number of alkyl halides is 3. The van der Waals surface area contributed by atoms with Crippen LogP contribution in [-0.4, -0.2) is 269 Å². The summed E-state index contributed by atoms with van der Waals surface area (Å²) in [7, 11) is 0. The van der Waals surface area contributed by atoms with Gasteiger partial charge in [0.1, 0.15) is 25.4 Å². The summed E-state index contributed by atoms with van der Waals surface area (Å²) in [5.74, 6) is -3.28. The fraction of sp³-hybridized carbons (Fsp3) is 0.894. The summed E-state index contributed by atoms with van der Waals surface area (Å²) in [4.78, 5) is 84.9. The second-order valence-corrected chi connectivity index (χ2v) is 25.2. The molecule has 3 saturated heterocycles. The molecule has 0 aliphatic carbocycles. The quantitative estimate of drug-likeness (QED) is 0.0383. The third-order valence-corrected chi connectivity index (χ3v) is 17.8. The molecule has 0 aromatic carbocycles. The SMILES string of the molecule is CC(=O)OCC1OC(OCCOCCOCCNC(=O)CCOCC(COCCC(=O)NCCOCCOCCOC2OC(COC(C)=O)C(C)C(C)C2C)(COCCC(=O)NCCOCCOCCOC2OC(COC(C)=O)C(C)C(C)C2C)NC(=O)C(F)(F)F)C(C)C(C)C1C. The minimum Gasteiger partial charge on any atom is -0.463 e. The van der Waals surface area contributed by atoms with Gasteiger partial charge in [-0.05, 0) is 35.5 Å². The van der Waals surface area contributed by atoms with Crippen molar-refractivity contribution < 1.29 is 132 Å². The number of esters is 3. The Balaban J connectivity index is 1.42. The molecule has 0 aromatic rings. The lowest BCUT2D eigenvalue weighted by atomic mass is 9.79. The minimum atomic E-state index is -5.35. The highest BCUT2D eigenvalue weighted by Gasteiger charge is 2.46. The number of ether oxygens (including phenoxy) is 18. The van der Waals surface area contributed by atoms with Gasteiger partial charge in [0.25, 0.3) is 0 Å². The van der Waals surface area contributed by atoms with Gasteiger partial charge in [-0.1, -0.05) is 62.3 Å². The van der Waals surface area contributed by atoms with Crippen LogP contribution in [0.25, 0.3) is 0 Å². The van der Waals surface area contributed by atoms with Crippen molar-refractivity contribution in [3.63, 3.8) is 0 Å². The van der Waals surface area contributed by atoms with E-state index < -0.39 is 74.0 Å². The van der Waals surface area contributed by atoms with Crippen LogP contribution in [0.3, 0.4) is 0 Å². The minimum absolute atomic E-state index is 0.103. The van der Waals surface area contributed by atoms with Crippen LogP contribution in [0.5, 0.6) is 0 Å². The Bertz CT molecular complexity index is 2050. The van der Waals surface area contributed by atoms with Crippen molar-refractivity contribution in [2.75, 3.05) is 178 Å². The molecule has 4 N–H and O–H groups in total. The van der Waals surface area contributed by atoms with Crippen molar-refractivity contribution in [2.45, 2.75) is 151 Å². The van der Waals surface area contributed by atoms with E-state index in [1.807, 2.05) is 26.1 Å². The molecule has 0 aromatic heterocycles. The summed E-state index contributed by atoms with van der Waals surface area (Å²) in [6, 6.07) is 0. The van der Waals surface area contributed by atoms with E-state index >= 15 is 0 Å². The van der Waals surface area contributed by atoms with Gasteiger partial charge in [-0.15, -0.1) is 0 Å². The number of hydrogen-bond donors (Lipinski definition) is 4. The zero-order valence-electron chi connectivity index (χ0n) is 59.7. The maximum Gasteiger partial charge on any atom is 0.471 e. The van der Waals surface area contributed by atoms with Gasteiger partial charge in [0, 0.05) is 77.4 Å². The van der Waals surface area contributed by atoms with E-state index in [1.54, 1.807) is 0 Å². The van der Waals surface area contributed by atoms with Gasteiger partial charge in [0.2, 0.25) is 17.7 Å². The van der Waals surface area contributed by atoms with Crippen LogP contribution in [0.4, 0.5) is 13.2 Å². The average molecular weight is 1420 g/mol. The molecule has 4 amide bonds. The van der Waals surface area contributed by atoms with Gasteiger partial charge < -0.3 is 107 Å². The summed E-state index contributed by atoms with van der Waals surface area (Å²) < 4.78 is 144. The molecule has 3 rings (SSSR count). The number of amides is 4. The molecular weight excluding hydrogens is 1310 g/mol. The van der Waals surface area contributed by atoms with Crippen LogP contribution >= 0.6 is 0 Å². The highest BCUT2D eigenvalue weighted by Crippen LogP contribution is 2.38. The number of nitrogens with one attached hydrogen (secondary N) is 4. The van der Waals surface area contributed by atoms with Crippen LogP contribution in [0.1, 0.15) is 102 Å². The highest BCUT2D eigenvalue weighted by atomic mass is 19.4. The Morgan fingerprint density at radius 2 is 0.592 bits per heavy atom. The standard InChI is InChI=1S/C66H115F3N4O25/c1-43-46(4)55(37-93-52(10)74)96-61(49(43)7)90-34-31-84-28-25-81-22-16-70-58(77)13-19-87-40-65(73-64(80)66(67,68)69,41-88-20-14-59(78)71-17-23-82-26-29-85-32-35-91-62-50(8)44(2)47(5)56(97-62)38-94-53(11)75)42-89-21-15-60(79)72-18-24-83-27-30-86-33-36-92-63-51(9)45(3)48(6)57(98-63)39-95-54(12)76/h43-51,55-57,61-63H,13-42H2,1-12H3,(H,70,77)(H,71,78)(H,72,79)(H,73,80). The normalized spacial score (nSPS) is 26.3. The lowest BCUT2D eigenvalue weighted by Crippen LogP contribution is -2.61. The molecule has 98 heavy (non-hydrogen) atoms. The number of carbonyl (C=O) groups excluding carboxylic acids is 7. The monoisotopic (exact) mass is 1420 g/mol. The van der Waals surface area contributed by atoms with Crippen molar-refractivity contribution in [3.8, 4) is 0 Å². The van der Waals surface area contributed by atoms with Crippen LogP contribution in [0, 0.1) is 53.3 Å². The fourth-order valence-corrected chi connectivity index (χ4v) is 10.7. The number of rotatable bonds is 52. The van der Waals surface area contributed by atoms with E-state index in [1.165, 1.54) is 20.8 Å². The van der Waals surface area contributed by atoms with E-state index in [4.69, 9.17) is 85.3 Å². The Hall–Kier alpha value is -4.52. The van der Waals surface area contributed by atoms with E-state index in [9.17, 15) is 46.7 Å². The zero-order chi connectivity index (χ0) is 72.5. The van der Waals surface area contributed by atoms with Crippen LogP contribution < -0.4 is 21.3 Å². The van der Waals surface area contributed by atoms with E-state index in [0.29, 0.717) is 0 Å². The van der Waals surface area contributed by atoms with Gasteiger partial charge in [0.05, 0.1) is 157 Å². The van der Waals surface area contributed by atoms with Gasteiger partial charge in [0.15, 0.2) is 18.9 Å². The molecule has 570 valence electrons. The molecule has 0 bridgehead atoms. The Labute approximate surface area is 575 Å². The number of hydrogen-bond acceptors (Lipinski definition) is 25. The molecule has 3 fully saturated rings. The third-order valence-electron chi connectivity index (χ3n) is 17.8. The van der Waals surface area contributed by atoms with Gasteiger partial charge in [-0.25, -0.2) is 0 Å². The third kappa shape index (κ3) is 35.9. The Morgan fingerprint density at radius 1 is 0.337 bits per heavy atom. The molecule has 3 aliphatic heterocycles. The second kappa shape index (κ2) is 49.2. The summed E-state index contributed by atoms with van der Waals surface area (Å²) in [6.07, 6.45) is -8.38. The maximum absolute atomic E-state index is 13.9.